The molecular weight excluding hydrogens is 460 g/mol. The van der Waals surface area contributed by atoms with E-state index in [-0.39, 0.29) is 42.4 Å². The van der Waals surface area contributed by atoms with Crippen molar-refractivity contribution in [1.29, 1.82) is 0 Å². The minimum Gasteiger partial charge on any atom is -0.380 e. The smallest absolute Gasteiger partial charge is 0.233 e. The van der Waals surface area contributed by atoms with Crippen LogP contribution in [0.15, 0.2) is 0 Å². The second kappa shape index (κ2) is 12.6. The highest BCUT2D eigenvalue weighted by Crippen LogP contribution is 2.34. The topological polar surface area (TPSA) is 102 Å². The molecule has 1 rings (SSSR count). The molecule has 1 unspecified atom stereocenters. The summed E-state index contributed by atoms with van der Waals surface area (Å²) in [6, 6.07) is 0. The van der Waals surface area contributed by atoms with E-state index in [2.05, 4.69) is 5.32 Å². The van der Waals surface area contributed by atoms with Crippen LogP contribution in [0, 0.1) is 17.3 Å². The third-order valence-corrected chi connectivity index (χ3v) is 6.89. The SMILES string of the molecule is CC(C)C1CC(=O)N(C(C)(C)CCC(=O)NC(C)(C)CCOC(C)(C)CCOCC(C)(C)C=O)C1=O. The molecule has 0 aromatic heterocycles. The van der Waals surface area contributed by atoms with Crippen LogP contribution in [-0.4, -0.2) is 65.4 Å². The lowest BCUT2D eigenvalue weighted by atomic mass is 9.93. The Balaban J connectivity index is 2.46. The highest BCUT2D eigenvalue weighted by molar-refractivity contribution is 6.04. The first-order valence-electron chi connectivity index (χ1n) is 13.2. The Bertz CT molecular complexity index is 785. The van der Waals surface area contributed by atoms with E-state index >= 15 is 0 Å². The summed E-state index contributed by atoms with van der Waals surface area (Å²) in [6.45, 7) is 20.6. The van der Waals surface area contributed by atoms with Gasteiger partial charge in [0.05, 0.1) is 12.2 Å². The van der Waals surface area contributed by atoms with Gasteiger partial charge in [0.15, 0.2) is 0 Å². The van der Waals surface area contributed by atoms with Crippen molar-refractivity contribution in [2.24, 2.45) is 17.3 Å². The van der Waals surface area contributed by atoms with Gasteiger partial charge in [-0.25, -0.2) is 0 Å². The van der Waals surface area contributed by atoms with Gasteiger partial charge in [-0.2, -0.15) is 0 Å². The molecule has 8 nitrogen and oxygen atoms in total. The van der Waals surface area contributed by atoms with Crippen molar-refractivity contribution in [2.45, 2.75) is 118 Å². The van der Waals surface area contributed by atoms with Crippen molar-refractivity contribution >= 4 is 24.0 Å². The Hall–Kier alpha value is -1.80. The maximum Gasteiger partial charge on any atom is 0.233 e. The lowest BCUT2D eigenvalue weighted by Gasteiger charge is -2.35. The number of ether oxygens (including phenoxy) is 2. The molecule has 0 spiro atoms. The molecule has 1 aliphatic rings. The van der Waals surface area contributed by atoms with E-state index in [1.807, 2.05) is 69.2 Å². The van der Waals surface area contributed by atoms with E-state index in [1.165, 1.54) is 4.90 Å². The van der Waals surface area contributed by atoms with Gasteiger partial charge in [-0.1, -0.05) is 27.7 Å². The summed E-state index contributed by atoms with van der Waals surface area (Å²) in [5.41, 5.74) is -2.06. The zero-order chi connectivity index (χ0) is 27.9. The first kappa shape index (κ1) is 32.2. The van der Waals surface area contributed by atoms with Crippen molar-refractivity contribution in [3.05, 3.63) is 0 Å². The number of hydrogen-bond donors (Lipinski definition) is 1. The molecule has 0 aromatic carbocycles. The number of rotatable bonds is 16. The second-order valence-corrected chi connectivity index (χ2v) is 13.1. The quantitative estimate of drug-likeness (QED) is 0.189. The van der Waals surface area contributed by atoms with E-state index in [0.717, 1.165) is 6.29 Å². The van der Waals surface area contributed by atoms with E-state index in [9.17, 15) is 19.2 Å². The van der Waals surface area contributed by atoms with Gasteiger partial charge in [0.25, 0.3) is 0 Å². The molecule has 1 N–H and O–H groups in total. The van der Waals surface area contributed by atoms with Crippen molar-refractivity contribution < 1.29 is 28.7 Å². The van der Waals surface area contributed by atoms with Gasteiger partial charge in [0.2, 0.25) is 17.7 Å². The van der Waals surface area contributed by atoms with Crippen LogP contribution < -0.4 is 5.32 Å². The molecular formula is C28H50N2O6. The molecule has 1 atom stereocenters. The summed E-state index contributed by atoms with van der Waals surface area (Å²) in [5.74, 6) is -0.553. The summed E-state index contributed by atoms with van der Waals surface area (Å²) >= 11 is 0. The van der Waals surface area contributed by atoms with Gasteiger partial charge in [-0.3, -0.25) is 19.3 Å². The number of hydrogen-bond acceptors (Lipinski definition) is 6. The zero-order valence-corrected chi connectivity index (χ0v) is 24.3. The molecule has 0 bridgehead atoms. The van der Waals surface area contributed by atoms with E-state index in [1.54, 1.807) is 0 Å². The molecule has 1 fully saturated rings. The molecule has 1 aliphatic heterocycles. The molecule has 1 heterocycles. The minimum atomic E-state index is -0.713. The van der Waals surface area contributed by atoms with E-state index < -0.39 is 22.1 Å². The Kier molecular flexibility index (Phi) is 11.3. The monoisotopic (exact) mass is 510 g/mol. The first-order valence-corrected chi connectivity index (χ1v) is 13.2. The number of likely N-dealkylation sites (tertiary alicyclic amines) is 1. The highest BCUT2D eigenvalue weighted by atomic mass is 16.5. The van der Waals surface area contributed by atoms with Gasteiger partial charge in [0, 0.05) is 48.5 Å². The number of nitrogens with zero attached hydrogens (tertiary/aromatic N) is 1. The fourth-order valence-corrected chi connectivity index (χ4v) is 4.19. The number of nitrogens with one attached hydrogen (secondary N) is 1. The lowest BCUT2D eigenvalue weighted by molar-refractivity contribution is -0.146. The number of carbonyl (C=O) groups is 4. The van der Waals surface area contributed by atoms with Crippen molar-refractivity contribution in [3.63, 3.8) is 0 Å². The Morgan fingerprint density at radius 2 is 1.64 bits per heavy atom. The molecule has 208 valence electrons. The standard InChI is InChI=1S/C28H50N2O6/c1-20(2)21-17-23(33)30(24(21)34)27(7,8)12-11-22(32)29-26(5,6)13-16-36-28(9,10)14-15-35-19-25(3,4)18-31/h18,20-21H,11-17,19H2,1-10H3,(H,29,32). The molecule has 0 aromatic rings. The fraction of sp³-hybridized carbons (Fsp3) is 0.857. The molecule has 1 saturated heterocycles. The van der Waals surface area contributed by atoms with Crippen LogP contribution in [0.2, 0.25) is 0 Å². The third kappa shape index (κ3) is 10.3. The Labute approximate surface area is 218 Å². The van der Waals surface area contributed by atoms with Crippen LogP contribution in [0.5, 0.6) is 0 Å². The maximum absolute atomic E-state index is 12.8. The van der Waals surface area contributed by atoms with Crippen molar-refractivity contribution in [3.8, 4) is 0 Å². The predicted molar refractivity (Wildman–Crippen MR) is 140 cm³/mol. The van der Waals surface area contributed by atoms with Gasteiger partial charge >= 0.3 is 0 Å². The summed E-state index contributed by atoms with van der Waals surface area (Å²) in [4.78, 5) is 50.4. The van der Waals surface area contributed by atoms with Crippen LogP contribution in [0.3, 0.4) is 0 Å². The zero-order valence-electron chi connectivity index (χ0n) is 24.3. The average Bonchev–Trinajstić information content (AvgIpc) is 3.04. The third-order valence-electron chi connectivity index (χ3n) is 6.89. The minimum absolute atomic E-state index is 0.112. The van der Waals surface area contributed by atoms with Crippen LogP contribution in [-0.2, 0) is 28.7 Å². The molecule has 36 heavy (non-hydrogen) atoms. The first-order chi connectivity index (χ1) is 16.3. The molecule has 3 amide bonds. The fourth-order valence-electron chi connectivity index (χ4n) is 4.19. The molecule has 8 heteroatoms. The summed E-state index contributed by atoms with van der Waals surface area (Å²) < 4.78 is 11.7. The Morgan fingerprint density at radius 1 is 1.03 bits per heavy atom. The number of imide groups is 1. The van der Waals surface area contributed by atoms with Crippen LogP contribution >= 0.6 is 0 Å². The molecule has 0 radical (unpaired) electrons. The van der Waals surface area contributed by atoms with Gasteiger partial charge in [0.1, 0.15) is 6.29 Å². The number of aldehydes is 1. The molecule has 0 saturated carbocycles. The predicted octanol–water partition coefficient (Wildman–Crippen LogP) is 4.29. The largest absolute Gasteiger partial charge is 0.380 e. The van der Waals surface area contributed by atoms with Gasteiger partial charge in [-0.05, 0) is 66.7 Å². The maximum atomic E-state index is 12.8. The van der Waals surface area contributed by atoms with Crippen LogP contribution in [0.1, 0.15) is 101 Å². The highest BCUT2D eigenvalue weighted by Gasteiger charge is 2.46. The summed E-state index contributed by atoms with van der Waals surface area (Å²) in [5, 5.41) is 3.07. The van der Waals surface area contributed by atoms with Crippen LogP contribution in [0.4, 0.5) is 0 Å². The normalized spacial score (nSPS) is 17.8. The van der Waals surface area contributed by atoms with E-state index in [4.69, 9.17) is 9.47 Å². The van der Waals surface area contributed by atoms with Gasteiger partial charge in [-0.15, -0.1) is 0 Å². The summed E-state index contributed by atoms with van der Waals surface area (Å²) in [7, 11) is 0. The average molecular weight is 511 g/mol. The van der Waals surface area contributed by atoms with Crippen molar-refractivity contribution in [2.75, 3.05) is 19.8 Å². The molecule has 0 aliphatic carbocycles. The van der Waals surface area contributed by atoms with Crippen molar-refractivity contribution in [1.82, 2.24) is 10.2 Å². The lowest BCUT2D eigenvalue weighted by Crippen LogP contribution is -2.49. The number of amides is 3. The van der Waals surface area contributed by atoms with E-state index in [0.29, 0.717) is 39.1 Å². The van der Waals surface area contributed by atoms with Gasteiger partial charge < -0.3 is 19.6 Å². The van der Waals surface area contributed by atoms with Crippen LogP contribution in [0.25, 0.3) is 0 Å². The summed E-state index contributed by atoms with van der Waals surface area (Å²) in [6.07, 6.45) is 3.10. The number of carbonyl (C=O) groups excluding carboxylic acids is 4. The second-order valence-electron chi connectivity index (χ2n) is 13.1. The Morgan fingerprint density at radius 3 is 2.17 bits per heavy atom.